The van der Waals surface area contributed by atoms with Crippen molar-refractivity contribution in [2.75, 3.05) is 5.73 Å². The number of aryl methyl sites for hydroxylation is 4. The number of halogens is 1. The molecule has 4 heterocycles. The zero-order valence-corrected chi connectivity index (χ0v) is 26.3. The number of hydrogen-bond acceptors (Lipinski definition) is 11. The SMILES string of the molecule is C=CB1OB(C=C)OB(C=C)O1.C=Cc1ncc([N+](=O)[O-])cc1C.CCc1ncc(N)cc1C.Cc1cc([N+](=O)[O-])cnc1Cl. The molecule has 0 aromatic carbocycles. The Bertz CT molecular complexity index is 1480. The molecule has 0 radical (unpaired) electrons. The van der Waals surface area contributed by atoms with Crippen molar-refractivity contribution in [3.05, 3.63) is 134 Å². The number of aromatic nitrogens is 3. The minimum atomic E-state index is -0.504. The van der Waals surface area contributed by atoms with E-state index < -0.39 is 31.2 Å². The van der Waals surface area contributed by atoms with E-state index >= 15 is 0 Å². The largest absolute Gasteiger partial charge is 0.458 e. The highest BCUT2D eigenvalue weighted by Crippen LogP contribution is 2.17. The number of nitrogen functional groups attached to an aromatic ring is 1. The number of nitro groups is 2. The molecule has 13 nitrogen and oxygen atoms in total. The van der Waals surface area contributed by atoms with Crippen LogP contribution in [-0.4, -0.2) is 46.2 Å². The lowest BCUT2D eigenvalue weighted by Gasteiger charge is -2.26. The maximum Gasteiger partial charge on any atom is 0.458 e. The molecule has 3 aromatic heterocycles. The van der Waals surface area contributed by atoms with Crippen molar-refractivity contribution in [2.24, 2.45) is 0 Å². The van der Waals surface area contributed by atoms with Gasteiger partial charge in [-0.25, -0.2) is 9.97 Å². The van der Waals surface area contributed by atoms with Crippen LogP contribution in [0.5, 0.6) is 0 Å². The minimum Gasteiger partial charge on any atom is -0.445 e. The van der Waals surface area contributed by atoms with Crippen LogP contribution in [0.15, 0.2) is 81.0 Å². The van der Waals surface area contributed by atoms with Crippen LogP contribution >= 0.6 is 11.6 Å². The van der Waals surface area contributed by atoms with Crippen molar-refractivity contribution >= 4 is 56.1 Å². The number of anilines is 1. The average Bonchev–Trinajstić information content (AvgIpc) is 3.02. The molecule has 0 bridgehead atoms. The van der Waals surface area contributed by atoms with Gasteiger partial charge in [-0.15, -0.1) is 19.7 Å². The molecular formula is C28H34B3ClN6O7. The molecule has 234 valence electrons. The van der Waals surface area contributed by atoms with Gasteiger partial charge < -0.3 is 19.4 Å². The monoisotopic (exact) mass is 634 g/mol. The molecule has 0 spiro atoms. The molecule has 1 aliphatic heterocycles. The molecule has 1 saturated heterocycles. The summed E-state index contributed by atoms with van der Waals surface area (Å²) < 4.78 is 15.6. The summed E-state index contributed by atoms with van der Waals surface area (Å²) in [6.07, 6.45) is 6.61. The van der Waals surface area contributed by atoms with Gasteiger partial charge in [-0.2, -0.15) is 0 Å². The first-order valence-corrected chi connectivity index (χ1v) is 13.7. The topological polar surface area (TPSA) is 179 Å². The normalized spacial score (nSPS) is 11.7. The van der Waals surface area contributed by atoms with Crippen molar-refractivity contribution in [3.8, 4) is 0 Å². The average molecular weight is 635 g/mol. The maximum atomic E-state index is 10.3. The van der Waals surface area contributed by atoms with E-state index in [1.54, 1.807) is 44.0 Å². The lowest BCUT2D eigenvalue weighted by Crippen LogP contribution is -2.46. The summed E-state index contributed by atoms with van der Waals surface area (Å²) in [4.78, 5) is 31.2. The molecule has 3 aromatic rings. The maximum absolute atomic E-state index is 10.3. The predicted molar refractivity (Wildman–Crippen MR) is 180 cm³/mol. The smallest absolute Gasteiger partial charge is 0.445 e. The van der Waals surface area contributed by atoms with Crippen molar-refractivity contribution < 1.29 is 23.6 Å². The first kappa shape index (κ1) is 38.4. The van der Waals surface area contributed by atoms with Gasteiger partial charge in [-0.3, -0.25) is 25.2 Å². The standard InChI is InChI=1S/C8H8N2O2.C8H12N2.C6H9B3O3.C6H5ClN2O2/c1-3-8-6(2)4-7(5-9-8)10(11)12;1-3-8-6(2)4-7(9)5-10-8;1-4-7-10-8(5-2)12-9(6-3)11-7;1-4-2-5(9(10)11)3-8-6(4)7/h3-5H,1H2,2H3;4-5H,3,9H2,1-2H3;4-6H,1-3H2;2-3H,1H3. The molecule has 17 heteroatoms. The number of pyridine rings is 3. The third-order valence-corrected chi connectivity index (χ3v) is 6.04. The fraction of sp³-hybridized carbons (Fsp3) is 0.179. The molecule has 0 aliphatic carbocycles. The summed E-state index contributed by atoms with van der Waals surface area (Å²) in [5.41, 5.74) is 10.6. The zero-order chi connectivity index (χ0) is 34.1. The van der Waals surface area contributed by atoms with E-state index in [1.807, 2.05) is 13.0 Å². The fourth-order valence-electron chi connectivity index (χ4n) is 3.35. The van der Waals surface area contributed by atoms with Crippen molar-refractivity contribution in [1.82, 2.24) is 15.0 Å². The summed E-state index contributed by atoms with van der Waals surface area (Å²) in [6, 6.07) is 4.81. The summed E-state index contributed by atoms with van der Waals surface area (Å²) >= 11 is 5.55. The Morgan fingerprint density at radius 1 is 0.800 bits per heavy atom. The second-order valence-corrected chi connectivity index (χ2v) is 9.38. The fourth-order valence-corrected chi connectivity index (χ4v) is 3.45. The number of nitrogens with zero attached hydrogens (tertiary/aromatic N) is 5. The first-order valence-electron chi connectivity index (χ1n) is 13.3. The van der Waals surface area contributed by atoms with Crippen LogP contribution in [0, 0.1) is 41.0 Å². The van der Waals surface area contributed by atoms with Crippen molar-refractivity contribution in [1.29, 1.82) is 0 Å². The summed E-state index contributed by atoms with van der Waals surface area (Å²) in [5, 5.41) is 20.8. The molecule has 0 saturated carbocycles. The highest BCUT2D eigenvalue weighted by atomic mass is 35.5. The third kappa shape index (κ3) is 13.3. The highest BCUT2D eigenvalue weighted by molar-refractivity contribution is 6.78. The lowest BCUT2D eigenvalue weighted by molar-refractivity contribution is -0.385. The number of hydrogen-bond donors (Lipinski definition) is 1. The Labute approximate surface area is 268 Å². The van der Waals surface area contributed by atoms with Gasteiger partial charge in [-0.05, 0) is 56.0 Å². The van der Waals surface area contributed by atoms with Gasteiger partial charge in [-0.1, -0.05) is 43.0 Å². The second-order valence-electron chi connectivity index (χ2n) is 9.02. The minimum absolute atomic E-state index is 0.0121. The zero-order valence-electron chi connectivity index (χ0n) is 25.6. The quantitative estimate of drug-likeness (QED) is 0.137. The first-order chi connectivity index (χ1) is 21.3. The molecule has 0 atom stereocenters. The van der Waals surface area contributed by atoms with Gasteiger partial charge in [0.05, 0.1) is 27.4 Å². The van der Waals surface area contributed by atoms with E-state index in [2.05, 4.69) is 48.2 Å². The highest BCUT2D eigenvalue weighted by Gasteiger charge is 2.35. The summed E-state index contributed by atoms with van der Waals surface area (Å²) in [5.74, 6) is 4.65. The van der Waals surface area contributed by atoms with Gasteiger partial charge in [0.1, 0.15) is 17.5 Å². The Morgan fingerprint density at radius 3 is 1.62 bits per heavy atom. The molecule has 45 heavy (non-hydrogen) atoms. The van der Waals surface area contributed by atoms with Gasteiger partial charge in [0.2, 0.25) is 0 Å². The van der Waals surface area contributed by atoms with E-state index in [4.69, 9.17) is 31.1 Å². The van der Waals surface area contributed by atoms with E-state index in [0.29, 0.717) is 16.4 Å². The van der Waals surface area contributed by atoms with Crippen LogP contribution < -0.4 is 5.73 Å². The van der Waals surface area contributed by atoms with Crippen molar-refractivity contribution in [2.45, 2.75) is 34.1 Å². The van der Waals surface area contributed by atoms with E-state index in [-0.39, 0.29) is 11.4 Å². The number of nitrogens with two attached hydrogens (primary N) is 1. The van der Waals surface area contributed by atoms with Crippen LogP contribution in [0.25, 0.3) is 6.08 Å². The third-order valence-electron chi connectivity index (χ3n) is 5.64. The van der Waals surface area contributed by atoms with Crippen LogP contribution in [0.2, 0.25) is 5.15 Å². The molecule has 1 aliphatic rings. The van der Waals surface area contributed by atoms with E-state index in [1.165, 1.54) is 23.9 Å². The molecule has 2 N–H and O–H groups in total. The molecule has 0 unspecified atom stereocenters. The predicted octanol–water partition coefficient (Wildman–Crippen LogP) is 6.12. The number of rotatable bonds is 7. The van der Waals surface area contributed by atoms with Crippen LogP contribution in [0.3, 0.4) is 0 Å². The van der Waals surface area contributed by atoms with Gasteiger partial charge in [0.15, 0.2) is 0 Å². The molecule has 0 amide bonds. The van der Waals surface area contributed by atoms with Crippen LogP contribution in [0.1, 0.15) is 35.0 Å². The second kappa shape index (κ2) is 19.6. The Hall–Kier alpha value is -4.63. The van der Waals surface area contributed by atoms with E-state index in [0.717, 1.165) is 29.6 Å². The van der Waals surface area contributed by atoms with Gasteiger partial charge in [0.25, 0.3) is 11.4 Å². The summed E-state index contributed by atoms with van der Waals surface area (Å²) in [6.45, 7) is 21.7. The lowest BCUT2D eigenvalue weighted by atomic mass is 9.70. The molecule has 1 fully saturated rings. The Balaban J connectivity index is 0.000000301. The van der Waals surface area contributed by atoms with Gasteiger partial charge in [0, 0.05) is 17.8 Å². The molecule has 4 rings (SSSR count). The summed E-state index contributed by atoms with van der Waals surface area (Å²) in [7, 11) is -1.36. The Morgan fingerprint density at radius 2 is 1.27 bits per heavy atom. The Kier molecular flexibility index (Phi) is 16.7. The van der Waals surface area contributed by atoms with E-state index in [9.17, 15) is 20.2 Å². The van der Waals surface area contributed by atoms with Crippen LogP contribution in [-0.2, 0) is 20.1 Å². The van der Waals surface area contributed by atoms with Crippen molar-refractivity contribution in [3.63, 3.8) is 0 Å². The van der Waals surface area contributed by atoms with Crippen LogP contribution in [0.4, 0.5) is 17.1 Å². The molecular weight excluding hydrogens is 600 g/mol. The van der Waals surface area contributed by atoms with Gasteiger partial charge >= 0.3 is 21.4 Å².